The number of carbonyl (C=O) groups is 3. The Labute approximate surface area is 217 Å². The lowest BCUT2D eigenvalue weighted by atomic mass is 9.97. The third kappa shape index (κ3) is 10.9. The number of benzene rings is 1. The smallest absolute Gasteiger partial charge is 0.408 e. The summed E-state index contributed by atoms with van der Waals surface area (Å²) in [5.41, 5.74) is -0.112. The topological polar surface area (TPSA) is 108 Å². The van der Waals surface area contributed by atoms with E-state index in [0.717, 1.165) is 25.7 Å². The number of ether oxygens (including phenoxy) is 1. The van der Waals surface area contributed by atoms with Gasteiger partial charge in [0.2, 0.25) is 11.8 Å². The van der Waals surface area contributed by atoms with Crippen molar-refractivity contribution in [2.45, 2.75) is 111 Å². The maximum atomic E-state index is 13.8. The second-order valence-corrected chi connectivity index (χ2v) is 10.9. The molecule has 8 heteroatoms. The number of nitrogens with zero attached hydrogens (tertiary/aromatic N) is 1. The van der Waals surface area contributed by atoms with Gasteiger partial charge >= 0.3 is 6.09 Å². The number of unbranched alkanes of at least 4 members (excludes halogenated alkanes) is 2. The molecule has 3 unspecified atom stereocenters. The summed E-state index contributed by atoms with van der Waals surface area (Å²) in [7, 11) is 0. The maximum absolute atomic E-state index is 13.8. The molecule has 3 N–H and O–H groups in total. The van der Waals surface area contributed by atoms with Crippen LogP contribution in [0.25, 0.3) is 0 Å². The van der Waals surface area contributed by atoms with Crippen LogP contribution in [0.4, 0.5) is 4.79 Å². The van der Waals surface area contributed by atoms with E-state index in [0.29, 0.717) is 24.4 Å². The predicted octanol–water partition coefficient (Wildman–Crippen LogP) is 5.31. The minimum absolute atomic E-state index is 0.0755. The van der Waals surface area contributed by atoms with Gasteiger partial charge in [-0.15, -0.1) is 0 Å². The summed E-state index contributed by atoms with van der Waals surface area (Å²) < 4.78 is 5.33. The Morgan fingerprint density at radius 1 is 1.00 bits per heavy atom. The molecule has 0 saturated heterocycles. The number of nitrogens with one attached hydrogen (secondary N) is 2. The number of carbonyl (C=O) groups excluding carboxylic acids is 3. The molecule has 0 aliphatic carbocycles. The van der Waals surface area contributed by atoms with Gasteiger partial charge in [-0.1, -0.05) is 45.7 Å². The summed E-state index contributed by atoms with van der Waals surface area (Å²) in [6.07, 6.45) is 3.75. The monoisotopic (exact) mass is 505 g/mol. The fourth-order valence-electron chi connectivity index (χ4n) is 3.86. The van der Waals surface area contributed by atoms with E-state index in [9.17, 15) is 19.5 Å². The first kappa shape index (κ1) is 31.3. The maximum Gasteiger partial charge on any atom is 0.408 e. The molecular weight excluding hydrogens is 458 g/mol. The summed E-state index contributed by atoms with van der Waals surface area (Å²) in [6.45, 7) is 15.6. The lowest BCUT2D eigenvalue weighted by Gasteiger charge is -2.38. The lowest BCUT2D eigenvalue weighted by molar-refractivity contribution is -0.144. The quantitative estimate of drug-likeness (QED) is 0.315. The molecule has 1 rings (SSSR count). The number of hydrogen-bond donors (Lipinski definition) is 3. The van der Waals surface area contributed by atoms with Crippen molar-refractivity contribution in [3.8, 4) is 5.75 Å². The molecule has 0 aromatic heterocycles. The molecule has 0 saturated carbocycles. The highest BCUT2D eigenvalue weighted by Crippen LogP contribution is 2.28. The highest BCUT2D eigenvalue weighted by molar-refractivity contribution is 5.92. The Kier molecular flexibility index (Phi) is 12.8. The van der Waals surface area contributed by atoms with Gasteiger partial charge < -0.3 is 25.4 Å². The Bertz CT molecular complexity index is 833. The molecule has 3 amide bonds. The molecule has 0 aliphatic heterocycles. The van der Waals surface area contributed by atoms with Crippen LogP contribution in [-0.4, -0.2) is 52.1 Å². The molecule has 3 atom stereocenters. The van der Waals surface area contributed by atoms with Crippen LogP contribution in [-0.2, 0) is 14.3 Å². The number of phenolic OH excluding ortho intramolecular Hbond substituents is 1. The van der Waals surface area contributed by atoms with Crippen LogP contribution in [0.15, 0.2) is 24.3 Å². The third-order valence-corrected chi connectivity index (χ3v) is 5.81. The summed E-state index contributed by atoms with van der Waals surface area (Å²) in [5, 5.41) is 15.4. The first-order chi connectivity index (χ1) is 16.8. The minimum atomic E-state index is -0.912. The van der Waals surface area contributed by atoms with Crippen molar-refractivity contribution in [1.82, 2.24) is 15.5 Å². The number of amides is 3. The average Bonchev–Trinajstić information content (AvgIpc) is 2.77. The lowest BCUT2D eigenvalue weighted by Crippen LogP contribution is -2.54. The fraction of sp³-hybridized carbons (Fsp3) is 0.679. The van der Waals surface area contributed by atoms with Crippen molar-refractivity contribution >= 4 is 17.9 Å². The Balaban J connectivity index is 3.35. The number of alkyl carbamates (subject to hydrolysis) is 1. The van der Waals surface area contributed by atoms with E-state index >= 15 is 0 Å². The largest absolute Gasteiger partial charge is 0.508 e. The molecule has 1 aromatic carbocycles. The number of hydrogen-bond acceptors (Lipinski definition) is 5. The molecule has 0 radical (unpaired) electrons. The zero-order valence-electron chi connectivity index (χ0n) is 23.4. The van der Waals surface area contributed by atoms with Crippen LogP contribution in [0.5, 0.6) is 5.75 Å². The molecule has 1 aromatic rings. The number of rotatable bonds is 13. The normalized spacial score (nSPS) is 14.0. The first-order valence-corrected chi connectivity index (χ1v) is 13.1. The highest BCUT2D eigenvalue weighted by Gasteiger charge is 2.37. The molecule has 204 valence electrons. The Hall–Kier alpha value is -2.77. The predicted molar refractivity (Wildman–Crippen MR) is 143 cm³/mol. The van der Waals surface area contributed by atoms with Crippen molar-refractivity contribution in [2.75, 3.05) is 6.54 Å². The van der Waals surface area contributed by atoms with E-state index in [1.165, 1.54) is 12.1 Å². The van der Waals surface area contributed by atoms with Crippen LogP contribution in [0.3, 0.4) is 0 Å². The number of phenols is 1. The standard InChI is InChI=1S/C28H47N3O5/c1-9-10-11-18-29-25(33)24(22-14-16-23(32)17-15-22)31(20(4)13-12-19(2)3)26(34)21(5)30-27(35)36-28(6,7)8/h14-17,19-21,24,32H,9-13,18H2,1-8H3,(H,29,33)(H,30,35). The van der Waals surface area contributed by atoms with Crippen molar-refractivity contribution in [2.24, 2.45) is 5.92 Å². The Morgan fingerprint density at radius 3 is 2.14 bits per heavy atom. The van der Waals surface area contributed by atoms with Crippen LogP contribution in [0, 0.1) is 5.92 Å². The van der Waals surface area contributed by atoms with Crippen molar-refractivity contribution in [1.29, 1.82) is 0 Å². The minimum Gasteiger partial charge on any atom is -0.508 e. The molecule has 0 aliphatic rings. The van der Waals surface area contributed by atoms with E-state index < -0.39 is 23.8 Å². The van der Waals surface area contributed by atoms with Crippen LogP contribution < -0.4 is 10.6 Å². The van der Waals surface area contributed by atoms with Gasteiger partial charge in [0.05, 0.1) is 0 Å². The van der Waals surface area contributed by atoms with Gasteiger partial charge in [-0.3, -0.25) is 9.59 Å². The summed E-state index contributed by atoms with van der Waals surface area (Å²) in [4.78, 5) is 41.3. The van der Waals surface area contributed by atoms with Crippen molar-refractivity contribution in [3.63, 3.8) is 0 Å². The van der Waals surface area contributed by atoms with Crippen molar-refractivity contribution in [3.05, 3.63) is 29.8 Å². The zero-order valence-corrected chi connectivity index (χ0v) is 23.4. The molecule has 36 heavy (non-hydrogen) atoms. The van der Waals surface area contributed by atoms with Gasteiger partial charge in [0.25, 0.3) is 0 Å². The molecule has 0 fully saturated rings. The SMILES string of the molecule is CCCCCNC(=O)C(c1ccc(O)cc1)N(C(=O)C(C)NC(=O)OC(C)(C)C)C(C)CCC(C)C. The summed E-state index contributed by atoms with van der Waals surface area (Å²) in [5.74, 6) is -0.159. The fourth-order valence-corrected chi connectivity index (χ4v) is 3.86. The molecule has 0 heterocycles. The van der Waals surface area contributed by atoms with E-state index in [2.05, 4.69) is 31.4 Å². The average molecular weight is 506 g/mol. The van der Waals surface area contributed by atoms with Gasteiger partial charge in [-0.2, -0.15) is 0 Å². The van der Waals surface area contributed by atoms with Gasteiger partial charge in [0, 0.05) is 12.6 Å². The van der Waals surface area contributed by atoms with Crippen LogP contribution >= 0.6 is 0 Å². The van der Waals surface area contributed by atoms with E-state index in [1.54, 1.807) is 44.7 Å². The van der Waals surface area contributed by atoms with Gasteiger partial charge in [-0.25, -0.2) is 4.79 Å². The van der Waals surface area contributed by atoms with E-state index in [4.69, 9.17) is 4.74 Å². The van der Waals surface area contributed by atoms with Crippen LogP contribution in [0.2, 0.25) is 0 Å². The highest BCUT2D eigenvalue weighted by atomic mass is 16.6. The third-order valence-electron chi connectivity index (χ3n) is 5.81. The van der Waals surface area contributed by atoms with Crippen LogP contribution in [0.1, 0.15) is 99.1 Å². The first-order valence-electron chi connectivity index (χ1n) is 13.1. The van der Waals surface area contributed by atoms with Gasteiger partial charge in [0.1, 0.15) is 23.4 Å². The molecular formula is C28H47N3O5. The summed E-state index contributed by atoms with van der Waals surface area (Å²) >= 11 is 0. The number of aromatic hydroxyl groups is 1. The van der Waals surface area contributed by atoms with Gasteiger partial charge in [0.15, 0.2) is 0 Å². The van der Waals surface area contributed by atoms with Gasteiger partial charge in [-0.05, 0) is 77.5 Å². The van der Waals surface area contributed by atoms with E-state index in [1.807, 2.05) is 6.92 Å². The van der Waals surface area contributed by atoms with Crippen molar-refractivity contribution < 1.29 is 24.2 Å². The second kappa shape index (κ2) is 14.7. The zero-order chi connectivity index (χ0) is 27.5. The molecule has 0 bridgehead atoms. The molecule has 0 spiro atoms. The molecule has 8 nitrogen and oxygen atoms in total. The Morgan fingerprint density at radius 2 is 1.61 bits per heavy atom. The summed E-state index contributed by atoms with van der Waals surface area (Å²) in [6, 6.07) is 4.24. The van der Waals surface area contributed by atoms with E-state index in [-0.39, 0.29) is 23.6 Å². The second-order valence-electron chi connectivity index (χ2n) is 10.9.